The molecule has 2 aliphatic rings. The molecule has 3 N–H and O–H groups in total. The number of carbonyl (C=O) groups is 2. The number of nitrogens with zero attached hydrogens (tertiary/aromatic N) is 1. The Labute approximate surface area is 137 Å². The molecule has 1 fully saturated rings. The van der Waals surface area contributed by atoms with Gasteiger partial charge in [0.15, 0.2) is 5.13 Å². The first-order valence-corrected chi connectivity index (χ1v) is 8.48. The van der Waals surface area contributed by atoms with Crippen LogP contribution in [0.3, 0.4) is 0 Å². The third-order valence-electron chi connectivity index (χ3n) is 3.79. The smallest absolute Gasteiger partial charge is 0.229 e. The van der Waals surface area contributed by atoms with Gasteiger partial charge >= 0.3 is 0 Å². The molecule has 0 unspecified atom stereocenters. The van der Waals surface area contributed by atoms with Crippen molar-refractivity contribution in [3.05, 3.63) is 23.7 Å². The van der Waals surface area contributed by atoms with Crippen LogP contribution in [0.15, 0.2) is 23.7 Å². The van der Waals surface area contributed by atoms with Crippen molar-refractivity contribution >= 4 is 28.3 Å². The second-order valence-corrected chi connectivity index (χ2v) is 6.57. The fraction of sp³-hybridized carbons (Fsp3) is 0.533. The Kier molecular flexibility index (Phi) is 5.04. The van der Waals surface area contributed by atoms with Crippen LogP contribution in [0.5, 0.6) is 0 Å². The minimum atomic E-state index is -0.541. The molecule has 0 aromatic carbocycles. The lowest BCUT2D eigenvalue weighted by Crippen LogP contribution is -2.49. The largest absolute Gasteiger partial charge is 0.394 e. The predicted octanol–water partition coefficient (Wildman–Crippen LogP) is 0.682. The van der Waals surface area contributed by atoms with E-state index in [9.17, 15) is 14.7 Å². The zero-order valence-electron chi connectivity index (χ0n) is 12.5. The van der Waals surface area contributed by atoms with Crippen LogP contribution in [0.4, 0.5) is 5.13 Å². The molecule has 3 rings (SSSR count). The molecular formula is C15H19N3O4S. The van der Waals surface area contributed by atoms with Gasteiger partial charge < -0.3 is 20.5 Å². The fourth-order valence-electron chi connectivity index (χ4n) is 2.40. The maximum Gasteiger partial charge on any atom is 0.229 e. The minimum absolute atomic E-state index is 0.00154. The van der Waals surface area contributed by atoms with Crippen LogP contribution in [-0.4, -0.2) is 46.8 Å². The number of nitrogens with one attached hydrogen (secondary N) is 2. The predicted molar refractivity (Wildman–Crippen MR) is 84.9 cm³/mol. The van der Waals surface area contributed by atoms with E-state index in [1.807, 2.05) is 0 Å². The summed E-state index contributed by atoms with van der Waals surface area (Å²) >= 11 is 1.34. The number of rotatable bonds is 6. The number of anilines is 1. The van der Waals surface area contributed by atoms with E-state index in [-0.39, 0.29) is 36.8 Å². The quantitative estimate of drug-likeness (QED) is 0.663. The molecule has 23 heavy (non-hydrogen) atoms. The van der Waals surface area contributed by atoms with Gasteiger partial charge in [-0.3, -0.25) is 9.59 Å². The number of aliphatic hydroxyl groups excluding tert-OH is 1. The maximum atomic E-state index is 11.9. The van der Waals surface area contributed by atoms with E-state index < -0.39 is 12.2 Å². The third-order valence-corrected chi connectivity index (χ3v) is 4.47. The van der Waals surface area contributed by atoms with E-state index in [0.717, 1.165) is 12.8 Å². The van der Waals surface area contributed by atoms with Gasteiger partial charge in [0.1, 0.15) is 6.10 Å². The molecule has 2 amide bonds. The molecule has 7 nitrogen and oxygen atoms in total. The summed E-state index contributed by atoms with van der Waals surface area (Å²) < 4.78 is 5.71. The number of carbonyl (C=O) groups excluding carboxylic acids is 2. The van der Waals surface area contributed by atoms with Gasteiger partial charge in [0.2, 0.25) is 11.8 Å². The number of hydrogen-bond donors (Lipinski definition) is 3. The molecular weight excluding hydrogens is 318 g/mol. The molecule has 0 saturated heterocycles. The standard InChI is InChI=1S/C15H19N3O4S/c19-8-12-11(17-14(21)9-1-2-9)4-3-10(22-12)7-13(20)18-15-16-5-6-23-15/h3-6,9-12,19H,1-2,7-8H2,(H,17,21)(H,16,18,20)/t10-,11+,12-/m1/s1. The Morgan fingerprint density at radius 2 is 2.22 bits per heavy atom. The van der Waals surface area contributed by atoms with Gasteiger partial charge in [-0.25, -0.2) is 4.98 Å². The molecule has 2 heterocycles. The Balaban J connectivity index is 1.53. The summed E-state index contributed by atoms with van der Waals surface area (Å²) in [6.07, 6.45) is 6.18. The SMILES string of the molecule is O=C(C[C@H]1C=C[C@H](NC(=O)C2CC2)[C@@H](CO)O1)Nc1nccs1. The zero-order chi connectivity index (χ0) is 16.2. The molecule has 1 aromatic heterocycles. The maximum absolute atomic E-state index is 11.9. The molecule has 124 valence electrons. The normalized spacial score (nSPS) is 26.7. The number of amides is 2. The lowest BCUT2D eigenvalue weighted by Gasteiger charge is -2.31. The van der Waals surface area contributed by atoms with Gasteiger partial charge in [0.25, 0.3) is 0 Å². The summed E-state index contributed by atoms with van der Waals surface area (Å²) in [6, 6.07) is -0.355. The summed E-state index contributed by atoms with van der Waals surface area (Å²) in [6.45, 7) is -0.218. The first-order chi connectivity index (χ1) is 11.2. The highest BCUT2D eigenvalue weighted by atomic mass is 32.1. The fourth-order valence-corrected chi connectivity index (χ4v) is 2.95. The first-order valence-electron chi connectivity index (χ1n) is 7.60. The Bertz CT molecular complexity index is 586. The summed E-state index contributed by atoms with van der Waals surface area (Å²) in [7, 11) is 0. The van der Waals surface area contributed by atoms with Gasteiger partial charge in [-0.2, -0.15) is 0 Å². The lowest BCUT2D eigenvalue weighted by atomic mass is 10.0. The van der Waals surface area contributed by atoms with Crippen LogP contribution in [0, 0.1) is 5.92 Å². The molecule has 1 aliphatic heterocycles. The highest BCUT2D eigenvalue weighted by Gasteiger charge is 2.34. The molecule has 0 spiro atoms. The van der Waals surface area contributed by atoms with Crippen molar-refractivity contribution in [3.63, 3.8) is 0 Å². The summed E-state index contributed by atoms with van der Waals surface area (Å²) in [5, 5.41) is 17.4. The summed E-state index contributed by atoms with van der Waals surface area (Å²) in [4.78, 5) is 27.7. The number of ether oxygens (including phenoxy) is 1. The second kappa shape index (κ2) is 7.20. The van der Waals surface area contributed by atoms with Gasteiger partial charge in [0, 0.05) is 17.5 Å². The van der Waals surface area contributed by atoms with Gasteiger partial charge in [-0.15, -0.1) is 11.3 Å². The Morgan fingerprint density at radius 1 is 1.39 bits per heavy atom. The van der Waals surface area contributed by atoms with E-state index >= 15 is 0 Å². The highest BCUT2D eigenvalue weighted by Crippen LogP contribution is 2.29. The molecule has 1 aromatic rings. The molecule has 1 aliphatic carbocycles. The van der Waals surface area contributed by atoms with E-state index in [2.05, 4.69) is 15.6 Å². The summed E-state index contributed by atoms with van der Waals surface area (Å²) in [5.74, 6) is -0.0991. The van der Waals surface area contributed by atoms with Gasteiger partial charge in [-0.05, 0) is 12.8 Å². The number of aromatic nitrogens is 1. The van der Waals surface area contributed by atoms with Crippen molar-refractivity contribution in [2.24, 2.45) is 5.92 Å². The molecule has 0 radical (unpaired) electrons. The van der Waals surface area contributed by atoms with Crippen molar-refractivity contribution < 1.29 is 19.4 Å². The van der Waals surface area contributed by atoms with Crippen molar-refractivity contribution in [1.29, 1.82) is 0 Å². The van der Waals surface area contributed by atoms with Crippen LogP contribution < -0.4 is 10.6 Å². The van der Waals surface area contributed by atoms with Crippen LogP contribution in [0.1, 0.15) is 19.3 Å². The average Bonchev–Trinajstić information content (AvgIpc) is 3.27. The van der Waals surface area contributed by atoms with Crippen molar-refractivity contribution in [3.8, 4) is 0 Å². The Hall–Kier alpha value is -1.77. The topological polar surface area (TPSA) is 101 Å². The van der Waals surface area contributed by atoms with Crippen LogP contribution in [0.2, 0.25) is 0 Å². The first kappa shape index (κ1) is 16.1. The van der Waals surface area contributed by atoms with E-state index in [1.54, 1.807) is 23.7 Å². The zero-order valence-corrected chi connectivity index (χ0v) is 13.3. The van der Waals surface area contributed by atoms with Crippen LogP contribution in [-0.2, 0) is 14.3 Å². The van der Waals surface area contributed by atoms with Crippen molar-refractivity contribution in [1.82, 2.24) is 10.3 Å². The Morgan fingerprint density at radius 3 is 2.87 bits per heavy atom. The average molecular weight is 337 g/mol. The van der Waals surface area contributed by atoms with Crippen LogP contribution in [0.25, 0.3) is 0 Å². The monoisotopic (exact) mass is 337 g/mol. The molecule has 1 saturated carbocycles. The number of thiazole rings is 1. The van der Waals surface area contributed by atoms with E-state index in [1.165, 1.54) is 11.3 Å². The molecule has 0 bridgehead atoms. The molecule has 8 heteroatoms. The van der Waals surface area contributed by atoms with E-state index in [0.29, 0.717) is 5.13 Å². The second-order valence-electron chi connectivity index (χ2n) is 5.68. The van der Waals surface area contributed by atoms with Gasteiger partial charge in [0.05, 0.1) is 25.2 Å². The van der Waals surface area contributed by atoms with Gasteiger partial charge in [-0.1, -0.05) is 12.2 Å². The highest BCUT2D eigenvalue weighted by molar-refractivity contribution is 7.13. The van der Waals surface area contributed by atoms with Crippen molar-refractivity contribution in [2.45, 2.75) is 37.5 Å². The number of hydrogen-bond acceptors (Lipinski definition) is 6. The third kappa shape index (κ3) is 4.37. The lowest BCUT2D eigenvalue weighted by molar-refractivity contribution is -0.126. The minimum Gasteiger partial charge on any atom is -0.394 e. The van der Waals surface area contributed by atoms with E-state index in [4.69, 9.17) is 4.74 Å². The summed E-state index contributed by atoms with van der Waals surface area (Å²) in [5.41, 5.74) is 0. The van der Waals surface area contributed by atoms with Crippen LogP contribution >= 0.6 is 11.3 Å². The number of aliphatic hydroxyl groups is 1. The van der Waals surface area contributed by atoms with Crippen molar-refractivity contribution in [2.75, 3.05) is 11.9 Å². The molecule has 3 atom stereocenters.